The van der Waals surface area contributed by atoms with Crippen molar-refractivity contribution >= 4 is 43.1 Å². The van der Waals surface area contributed by atoms with Gasteiger partial charge in [0, 0.05) is 59.0 Å². The minimum absolute atomic E-state index is 0.00585. The maximum absolute atomic E-state index is 17.3. The first-order valence-corrected chi connectivity index (χ1v) is 16.6. The van der Waals surface area contributed by atoms with Gasteiger partial charge in [0.15, 0.2) is 5.82 Å². The summed E-state index contributed by atoms with van der Waals surface area (Å²) < 4.78 is 45.9. The van der Waals surface area contributed by atoms with Crippen molar-refractivity contribution in [1.82, 2.24) is 19.8 Å². The van der Waals surface area contributed by atoms with Gasteiger partial charge in [0.25, 0.3) is 0 Å². The van der Waals surface area contributed by atoms with Crippen LogP contribution in [-0.2, 0) is 18.0 Å². The smallest absolute Gasteiger partial charge is 0.319 e. The topological polar surface area (TPSA) is 124 Å². The van der Waals surface area contributed by atoms with Gasteiger partial charge in [-0.05, 0) is 63.0 Å². The summed E-state index contributed by atoms with van der Waals surface area (Å²) in [5, 5.41) is 21.1. The number of rotatable bonds is 7. The predicted molar refractivity (Wildman–Crippen MR) is 172 cm³/mol. The lowest BCUT2D eigenvalue weighted by atomic mass is 9.90. The third kappa shape index (κ3) is 4.61. The highest BCUT2D eigenvalue weighted by molar-refractivity contribution is 7.23. The Morgan fingerprint density at radius 2 is 1.89 bits per heavy atom. The number of aliphatic hydroxyl groups is 1. The number of nitrogens with two attached hydrogens (primary N) is 1. The molecule has 0 spiro atoms. The van der Waals surface area contributed by atoms with Crippen molar-refractivity contribution in [2.45, 2.75) is 63.6 Å². The summed E-state index contributed by atoms with van der Waals surface area (Å²) in [6.45, 7) is 5.50. The Morgan fingerprint density at radius 3 is 2.57 bits per heavy atom. The Morgan fingerprint density at radius 1 is 1.13 bits per heavy atom. The number of nitriles is 1. The van der Waals surface area contributed by atoms with Crippen LogP contribution in [0.4, 0.5) is 19.6 Å². The fourth-order valence-corrected chi connectivity index (χ4v) is 8.78. The maximum Gasteiger partial charge on any atom is 0.319 e. The van der Waals surface area contributed by atoms with E-state index >= 15 is 8.78 Å². The summed E-state index contributed by atoms with van der Waals surface area (Å²) in [6.07, 6.45) is 2.44. The van der Waals surface area contributed by atoms with E-state index < -0.39 is 17.7 Å². The summed E-state index contributed by atoms with van der Waals surface area (Å²) in [5.74, 6) is -0.747. The number of anilines is 2. The molecule has 6 heterocycles. The SMILES string of the molecule is CC(O)CN1CC2CCC(C1)N2c1nc(OC[C@@H]2CCN2C)nc2c(F)c(-c3c(F)ccc4sc(N)c(C#N)c34)c3c(c12)COC3. The van der Waals surface area contributed by atoms with E-state index in [2.05, 4.69) is 25.8 Å². The van der Waals surface area contributed by atoms with Crippen molar-refractivity contribution in [3.05, 3.63) is 40.5 Å². The third-order valence-corrected chi connectivity index (χ3v) is 11.1. The second-order valence-corrected chi connectivity index (χ2v) is 14.1. The van der Waals surface area contributed by atoms with Crippen molar-refractivity contribution in [3.63, 3.8) is 0 Å². The van der Waals surface area contributed by atoms with Crippen LogP contribution in [0.15, 0.2) is 12.1 Å². The van der Waals surface area contributed by atoms with Crippen molar-refractivity contribution < 1.29 is 23.4 Å². The molecule has 3 saturated heterocycles. The van der Waals surface area contributed by atoms with Crippen LogP contribution < -0.4 is 15.4 Å². The molecule has 2 bridgehead atoms. The molecular weight excluding hydrogens is 612 g/mol. The zero-order valence-electron chi connectivity index (χ0n) is 25.7. The number of benzene rings is 2. The fraction of sp³-hybridized carbons (Fsp3) is 0.485. The molecule has 0 saturated carbocycles. The summed E-state index contributed by atoms with van der Waals surface area (Å²) in [4.78, 5) is 16.4. The number of aromatic nitrogens is 2. The Balaban J connectivity index is 1.35. The summed E-state index contributed by atoms with van der Waals surface area (Å²) in [7, 11) is 2.03. The van der Waals surface area contributed by atoms with E-state index in [1.807, 2.05) is 7.05 Å². The Bertz CT molecular complexity index is 1910. The van der Waals surface area contributed by atoms with Gasteiger partial charge in [0.1, 0.15) is 34.8 Å². The molecule has 3 unspecified atom stereocenters. The van der Waals surface area contributed by atoms with Crippen LogP contribution in [0.2, 0.25) is 0 Å². The van der Waals surface area contributed by atoms with E-state index in [-0.39, 0.29) is 64.6 Å². The molecule has 2 aromatic heterocycles. The molecule has 3 fully saturated rings. The molecule has 2 aromatic carbocycles. The van der Waals surface area contributed by atoms with E-state index in [1.54, 1.807) is 13.0 Å². The number of ether oxygens (including phenoxy) is 2. The highest BCUT2D eigenvalue weighted by Gasteiger charge is 2.43. The molecule has 10 nitrogen and oxygen atoms in total. The first-order valence-electron chi connectivity index (χ1n) is 15.8. The molecule has 8 rings (SSSR count). The molecule has 0 amide bonds. The molecule has 13 heteroatoms. The van der Waals surface area contributed by atoms with Gasteiger partial charge in [-0.1, -0.05) is 0 Å². The summed E-state index contributed by atoms with van der Waals surface area (Å²) >= 11 is 1.17. The lowest BCUT2D eigenvalue weighted by Crippen LogP contribution is -2.55. The number of thiophene rings is 1. The Labute approximate surface area is 268 Å². The molecule has 4 aromatic rings. The number of nitrogen functional groups attached to an aromatic ring is 1. The molecule has 46 heavy (non-hydrogen) atoms. The van der Waals surface area contributed by atoms with Crippen LogP contribution in [-0.4, -0.2) is 88.9 Å². The average Bonchev–Trinajstić information content (AvgIpc) is 3.70. The van der Waals surface area contributed by atoms with Crippen LogP contribution in [0.1, 0.15) is 42.9 Å². The number of nitrogens with zero attached hydrogens (tertiary/aromatic N) is 6. The largest absolute Gasteiger partial charge is 0.462 e. The lowest BCUT2D eigenvalue weighted by Gasteiger charge is -2.42. The second-order valence-electron chi connectivity index (χ2n) is 13.0. The number of halogens is 2. The van der Waals surface area contributed by atoms with Crippen molar-refractivity contribution in [2.24, 2.45) is 0 Å². The quantitative estimate of drug-likeness (QED) is 0.299. The molecule has 4 aliphatic rings. The van der Waals surface area contributed by atoms with Gasteiger partial charge < -0.3 is 25.2 Å². The number of hydrogen-bond donors (Lipinski definition) is 2. The van der Waals surface area contributed by atoms with E-state index in [0.717, 1.165) is 44.5 Å². The van der Waals surface area contributed by atoms with Gasteiger partial charge in [-0.2, -0.15) is 15.2 Å². The van der Waals surface area contributed by atoms with Gasteiger partial charge >= 0.3 is 6.01 Å². The van der Waals surface area contributed by atoms with E-state index in [1.165, 1.54) is 17.4 Å². The standard InChI is InChI=1S/C33H35F2N7O3S/c1-16(43)10-41-11-17-3-4-18(12-41)42(17)32-27-22-15-44-14-21(22)26(28-23(34)5-6-24-25(28)20(9-36)31(37)46-24)29(35)30(27)38-33(39-32)45-13-19-7-8-40(19)2/h5-6,16-19,43H,3-4,7-8,10-15,37H2,1-2H3/t16?,17?,18?,19-/m0/s1. The number of fused-ring (bicyclic) bond motifs is 6. The molecule has 0 radical (unpaired) electrons. The molecule has 3 N–H and O–H groups in total. The first kappa shape index (κ1) is 29.7. The Kier molecular flexibility index (Phi) is 7.26. The van der Waals surface area contributed by atoms with Gasteiger partial charge in [0.2, 0.25) is 0 Å². The van der Waals surface area contributed by atoms with E-state index in [0.29, 0.717) is 40.0 Å². The van der Waals surface area contributed by atoms with Crippen LogP contribution >= 0.6 is 11.3 Å². The van der Waals surface area contributed by atoms with E-state index in [9.17, 15) is 10.4 Å². The zero-order chi connectivity index (χ0) is 31.9. The molecule has 4 aliphatic heterocycles. The molecule has 4 atom stereocenters. The van der Waals surface area contributed by atoms with Crippen LogP contribution in [0, 0.1) is 23.0 Å². The van der Waals surface area contributed by atoms with Crippen LogP contribution in [0.3, 0.4) is 0 Å². The highest BCUT2D eigenvalue weighted by atomic mass is 32.1. The zero-order valence-corrected chi connectivity index (χ0v) is 26.5. The van der Waals surface area contributed by atoms with Gasteiger partial charge in [-0.25, -0.2) is 8.78 Å². The van der Waals surface area contributed by atoms with Crippen LogP contribution in [0.25, 0.3) is 32.1 Å². The second kappa shape index (κ2) is 11.2. The van der Waals surface area contributed by atoms with Gasteiger partial charge in [0.05, 0.1) is 30.3 Å². The fourth-order valence-electron chi connectivity index (χ4n) is 7.85. The number of hydrogen-bond acceptors (Lipinski definition) is 11. The third-order valence-electron chi connectivity index (χ3n) is 10.1. The van der Waals surface area contributed by atoms with Crippen molar-refractivity contribution in [3.8, 4) is 23.2 Å². The minimum atomic E-state index is -0.700. The Hall–Kier alpha value is -3.67. The number of piperazine rings is 1. The van der Waals surface area contributed by atoms with Gasteiger partial charge in [-0.15, -0.1) is 11.3 Å². The first-order chi connectivity index (χ1) is 22.2. The maximum atomic E-state index is 17.3. The van der Waals surface area contributed by atoms with Crippen LogP contribution in [0.5, 0.6) is 6.01 Å². The minimum Gasteiger partial charge on any atom is -0.462 e. The summed E-state index contributed by atoms with van der Waals surface area (Å²) in [6, 6.07) is 5.49. The van der Waals surface area contributed by atoms with Crippen molar-refractivity contribution in [1.29, 1.82) is 5.26 Å². The summed E-state index contributed by atoms with van der Waals surface area (Å²) in [5.41, 5.74) is 7.62. The monoisotopic (exact) mass is 647 g/mol. The lowest BCUT2D eigenvalue weighted by molar-refractivity contribution is 0.0731. The number of aliphatic hydroxyl groups excluding tert-OH is 1. The van der Waals surface area contributed by atoms with E-state index in [4.69, 9.17) is 20.2 Å². The number of likely N-dealkylation sites (N-methyl/N-ethyl adjacent to an activating group) is 1. The van der Waals surface area contributed by atoms with Gasteiger partial charge in [-0.3, -0.25) is 9.80 Å². The normalized spacial score (nSPS) is 23.6. The predicted octanol–water partition coefficient (Wildman–Crippen LogP) is 4.39. The number of likely N-dealkylation sites (tertiary alicyclic amines) is 2. The number of β-amino-alcohol motifs (C(OH)–C–C–N with tert-alkyl or cyclic N) is 1. The molecule has 240 valence electrons. The molecular formula is C33H35F2N7O3S. The van der Waals surface area contributed by atoms with Crippen molar-refractivity contribution in [2.75, 3.05) is 50.5 Å². The molecule has 0 aliphatic carbocycles. The highest BCUT2D eigenvalue weighted by Crippen LogP contribution is 2.49. The average molecular weight is 648 g/mol.